The zero-order valence-electron chi connectivity index (χ0n) is 9.61. The predicted molar refractivity (Wildman–Crippen MR) is 53.8 cm³/mol. The summed E-state index contributed by atoms with van der Waals surface area (Å²) in [6, 6.07) is 1.37. The van der Waals surface area contributed by atoms with E-state index >= 15 is 0 Å². The largest absolute Gasteiger partial charge is 0.402 e. The molecule has 1 aromatic carbocycles. The predicted octanol–water partition coefficient (Wildman–Crippen LogP) is 3.83. The smallest absolute Gasteiger partial charge is 0.312 e. The Labute approximate surface area is 104 Å². The quantitative estimate of drug-likeness (QED) is 0.834. The lowest BCUT2D eigenvalue weighted by atomic mass is 9.92. The molecule has 0 amide bonds. The van der Waals surface area contributed by atoms with Gasteiger partial charge in [0, 0.05) is 0 Å². The Morgan fingerprint density at radius 2 is 1.32 bits per heavy atom. The molecule has 0 aromatic heterocycles. The van der Waals surface area contributed by atoms with Crippen molar-refractivity contribution in [2.75, 3.05) is 7.05 Å². The van der Waals surface area contributed by atoms with Crippen molar-refractivity contribution in [1.82, 2.24) is 5.32 Å². The fraction of sp³-hybridized carbons (Fsp3) is 0.455. The van der Waals surface area contributed by atoms with Crippen molar-refractivity contribution in [3.63, 3.8) is 0 Å². The number of nitrogens with one attached hydrogen (secondary N) is 1. The third-order valence-electron chi connectivity index (χ3n) is 2.58. The Bertz CT molecular complexity index is 393. The molecule has 0 saturated carbocycles. The van der Waals surface area contributed by atoms with Crippen LogP contribution in [0.15, 0.2) is 24.3 Å². The molecule has 0 bridgehead atoms. The second-order valence-corrected chi connectivity index (χ2v) is 3.88. The highest BCUT2D eigenvalue weighted by atomic mass is 19.4. The second-order valence-electron chi connectivity index (χ2n) is 3.88. The summed E-state index contributed by atoms with van der Waals surface area (Å²) in [4.78, 5) is 0. The Balaban J connectivity index is 3.21. The first kappa shape index (κ1) is 15.7. The molecular weight excluding hydrogens is 279 g/mol. The Kier molecular flexibility index (Phi) is 4.44. The first-order valence-corrected chi connectivity index (χ1v) is 5.13. The summed E-state index contributed by atoms with van der Waals surface area (Å²) >= 11 is 0. The molecule has 0 heterocycles. The van der Waals surface area contributed by atoms with E-state index < -0.39 is 30.1 Å². The van der Waals surface area contributed by atoms with E-state index in [1.165, 1.54) is 0 Å². The van der Waals surface area contributed by atoms with E-state index in [9.17, 15) is 30.7 Å². The maximum atomic E-state index is 12.7. The van der Waals surface area contributed by atoms with Crippen LogP contribution in [-0.4, -0.2) is 19.4 Å². The van der Waals surface area contributed by atoms with Crippen LogP contribution in [0.3, 0.4) is 0 Å². The highest BCUT2D eigenvalue weighted by Crippen LogP contribution is 2.46. The summed E-state index contributed by atoms with van der Waals surface area (Å²) in [5.41, 5.74) is -0.288. The highest BCUT2D eigenvalue weighted by molar-refractivity contribution is 5.21. The van der Waals surface area contributed by atoms with Crippen LogP contribution < -0.4 is 5.32 Å². The van der Waals surface area contributed by atoms with E-state index in [1.807, 2.05) is 5.32 Å². The molecule has 1 aromatic rings. The molecule has 0 spiro atoms. The number of hydrogen-bond acceptors (Lipinski definition) is 1. The molecule has 0 aliphatic heterocycles. The van der Waals surface area contributed by atoms with Crippen LogP contribution in [0.1, 0.15) is 11.6 Å². The minimum absolute atomic E-state index is 0.288. The molecule has 19 heavy (non-hydrogen) atoms. The number of hydrogen-bond donors (Lipinski definition) is 1. The topological polar surface area (TPSA) is 12.0 Å². The molecule has 1 atom stereocenters. The SMILES string of the molecule is CNC(c1ccc(F)cc1)C(C(F)(F)F)C(F)(F)F. The van der Waals surface area contributed by atoms with Gasteiger partial charge in [-0.1, -0.05) is 12.1 Å². The van der Waals surface area contributed by atoms with Gasteiger partial charge in [-0.25, -0.2) is 4.39 Å². The summed E-state index contributed by atoms with van der Waals surface area (Å²) in [6.45, 7) is 0. The molecule has 0 saturated heterocycles. The maximum Gasteiger partial charge on any atom is 0.402 e. The summed E-state index contributed by atoms with van der Waals surface area (Å²) in [7, 11) is 0.985. The highest BCUT2D eigenvalue weighted by Gasteiger charge is 2.60. The van der Waals surface area contributed by atoms with Gasteiger partial charge in [-0.05, 0) is 24.7 Å². The van der Waals surface area contributed by atoms with Gasteiger partial charge < -0.3 is 5.32 Å². The van der Waals surface area contributed by atoms with Crippen LogP contribution >= 0.6 is 0 Å². The first-order chi connectivity index (χ1) is 8.57. The zero-order chi connectivity index (χ0) is 14.8. The minimum Gasteiger partial charge on any atom is -0.312 e. The van der Waals surface area contributed by atoms with Crippen LogP contribution in [0.25, 0.3) is 0 Å². The van der Waals surface area contributed by atoms with E-state index in [2.05, 4.69) is 0 Å². The molecular formula is C11H10F7N. The zero-order valence-corrected chi connectivity index (χ0v) is 9.61. The number of halogens is 7. The first-order valence-electron chi connectivity index (χ1n) is 5.13. The summed E-state index contributed by atoms with van der Waals surface area (Å²) < 4.78 is 88.2. The van der Waals surface area contributed by atoms with Gasteiger partial charge in [0.1, 0.15) is 5.82 Å². The van der Waals surface area contributed by atoms with Crippen LogP contribution in [0.5, 0.6) is 0 Å². The lowest BCUT2D eigenvalue weighted by Gasteiger charge is -2.30. The van der Waals surface area contributed by atoms with Crippen LogP contribution in [0.2, 0.25) is 0 Å². The molecule has 0 aliphatic carbocycles. The van der Waals surface area contributed by atoms with Crippen molar-refractivity contribution in [3.8, 4) is 0 Å². The average Bonchev–Trinajstić information content (AvgIpc) is 2.23. The molecule has 108 valence electrons. The van der Waals surface area contributed by atoms with E-state index in [0.29, 0.717) is 0 Å². The second kappa shape index (κ2) is 5.36. The lowest BCUT2D eigenvalue weighted by Crippen LogP contribution is -2.45. The minimum atomic E-state index is -5.46. The molecule has 0 aliphatic rings. The molecule has 1 nitrogen and oxygen atoms in total. The third kappa shape index (κ3) is 3.82. The van der Waals surface area contributed by atoms with Gasteiger partial charge in [-0.2, -0.15) is 26.3 Å². The maximum absolute atomic E-state index is 12.7. The van der Waals surface area contributed by atoms with Crippen LogP contribution in [0, 0.1) is 11.7 Å². The molecule has 8 heteroatoms. The van der Waals surface area contributed by atoms with Crippen molar-refractivity contribution < 1.29 is 30.7 Å². The van der Waals surface area contributed by atoms with Crippen molar-refractivity contribution in [2.24, 2.45) is 5.92 Å². The Hall–Kier alpha value is -1.31. The van der Waals surface area contributed by atoms with Gasteiger partial charge in [0.2, 0.25) is 0 Å². The van der Waals surface area contributed by atoms with Gasteiger partial charge in [0.05, 0.1) is 6.04 Å². The third-order valence-corrected chi connectivity index (χ3v) is 2.58. The number of alkyl halides is 6. The van der Waals surface area contributed by atoms with E-state index in [-0.39, 0.29) is 5.56 Å². The molecule has 1 N–H and O–H groups in total. The van der Waals surface area contributed by atoms with E-state index in [0.717, 1.165) is 31.3 Å². The van der Waals surface area contributed by atoms with E-state index in [4.69, 9.17) is 0 Å². The van der Waals surface area contributed by atoms with Gasteiger partial charge >= 0.3 is 12.4 Å². The standard InChI is InChI=1S/C11H10F7N/c1-19-8(6-2-4-7(12)5-3-6)9(10(13,14)15)11(16,17)18/h2-5,8-9,19H,1H3. The monoisotopic (exact) mass is 289 g/mol. The van der Waals surface area contributed by atoms with Crippen molar-refractivity contribution in [2.45, 2.75) is 18.4 Å². The molecule has 0 fully saturated rings. The van der Waals surface area contributed by atoms with Gasteiger partial charge in [-0.15, -0.1) is 0 Å². The summed E-state index contributed by atoms with van der Waals surface area (Å²) in [6.07, 6.45) is -10.9. The van der Waals surface area contributed by atoms with Gasteiger partial charge in [-0.3, -0.25) is 0 Å². The Morgan fingerprint density at radius 1 is 0.895 bits per heavy atom. The van der Waals surface area contributed by atoms with Crippen LogP contribution in [0.4, 0.5) is 30.7 Å². The molecule has 1 unspecified atom stereocenters. The van der Waals surface area contributed by atoms with Crippen LogP contribution in [-0.2, 0) is 0 Å². The molecule has 0 radical (unpaired) electrons. The number of benzene rings is 1. The van der Waals surface area contributed by atoms with Crippen molar-refractivity contribution >= 4 is 0 Å². The fourth-order valence-corrected chi connectivity index (χ4v) is 1.76. The summed E-state index contributed by atoms with van der Waals surface area (Å²) in [5.74, 6) is -4.30. The van der Waals surface area contributed by atoms with E-state index in [1.54, 1.807) is 0 Å². The van der Waals surface area contributed by atoms with Gasteiger partial charge in [0.15, 0.2) is 5.92 Å². The van der Waals surface area contributed by atoms with Crippen molar-refractivity contribution in [3.05, 3.63) is 35.6 Å². The average molecular weight is 289 g/mol. The van der Waals surface area contributed by atoms with Gasteiger partial charge in [0.25, 0.3) is 0 Å². The summed E-state index contributed by atoms with van der Waals surface area (Å²) in [5, 5.41) is 1.99. The molecule has 1 rings (SSSR count). The fourth-order valence-electron chi connectivity index (χ4n) is 1.76. The normalized spacial score (nSPS) is 14.8. The van der Waals surface area contributed by atoms with Crippen molar-refractivity contribution in [1.29, 1.82) is 0 Å². The number of rotatable bonds is 3. The lowest BCUT2D eigenvalue weighted by molar-refractivity contribution is -0.292. The Morgan fingerprint density at radius 3 is 1.63 bits per heavy atom.